The molecule has 0 aromatic rings. The average Bonchev–Trinajstić information content (AvgIpc) is 1.65. The zero-order valence-electron chi connectivity index (χ0n) is 4.31. The molecule has 0 aromatic heterocycles. The molecule has 0 fully saturated rings. The molecular weight excluding hydrogens is 90.1 g/mol. The van der Waals surface area contributed by atoms with E-state index in [4.69, 9.17) is 18.2 Å². The van der Waals surface area contributed by atoms with E-state index >= 15 is 0 Å². The third kappa shape index (κ3) is 2.03. The highest BCUT2D eigenvalue weighted by Crippen LogP contribution is 1.76. The summed E-state index contributed by atoms with van der Waals surface area (Å²) in [4.78, 5) is 1.15. The number of rotatable bonds is 1. The van der Waals surface area contributed by atoms with Crippen molar-refractivity contribution in [2.45, 2.75) is 6.92 Å². The Morgan fingerprint density at radius 2 is 2.43 bits per heavy atom. The summed E-state index contributed by atoms with van der Waals surface area (Å²) in [7, 11) is 5.10. The van der Waals surface area contributed by atoms with Gasteiger partial charge in [0.05, 0.1) is 7.05 Å². The van der Waals surface area contributed by atoms with Crippen LogP contribution in [0.1, 0.15) is 6.92 Å². The first-order chi connectivity index (χ1) is 3.18. The third-order valence-corrected chi connectivity index (χ3v) is 0.650. The Kier molecular flexibility index (Phi) is 2.19. The average molecular weight is 99.1 g/mol. The zero-order chi connectivity index (χ0) is 5.86. The lowest BCUT2D eigenvalue weighted by Crippen LogP contribution is -2.30. The van der Waals surface area contributed by atoms with Gasteiger partial charge in [0, 0.05) is 6.54 Å². The minimum Gasteiger partial charge on any atom is -0.370 e. The number of hydrogen-bond acceptors (Lipinski definition) is 1. The fourth-order valence-corrected chi connectivity index (χ4v) is 0.170. The second-order valence-corrected chi connectivity index (χ2v) is 1.17. The minimum atomic E-state index is -0.0949. The van der Waals surface area contributed by atoms with Crippen molar-refractivity contribution in [3.63, 3.8) is 0 Å². The molecule has 3 heteroatoms. The maximum atomic E-state index is 6.68. The Morgan fingerprint density at radius 3 is 2.43 bits per heavy atom. The molecule has 0 saturated heterocycles. The Labute approximate surface area is 43.6 Å². The van der Waals surface area contributed by atoms with E-state index in [1.807, 2.05) is 6.92 Å². The molecular formula is C4H9N3. The first-order valence-electron chi connectivity index (χ1n) is 2.04. The highest BCUT2D eigenvalue weighted by molar-refractivity contribution is 5.74. The van der Waals surface area contributed by atoms with Gasteiger partial charge in [0.25, 0.3) is 0 Å². The van der Waals surface area contributed by atoms with Gasteiger partial charge in [-0.2, -0.15) is 0 Å². The molecule has 0 aromatic carbocycles. The van der Waals surface area contributed by atoms with E-state index < -0.39 is 0 Å². The van der Waals surface area contributed by atoms with Gasteiger partial charge in [0.15, 0.2) is 5.96 Å². The van der Waals surface area contributed by atoms with Crippen molar-refractivity contribution in [3.05, 3.63) is 7.05 Å². The fourth-order valence-electron chi connectivity index (χ4n) is 0.170. The van der Waals surface area contributed by atoms with Crippen LogP contribution >= 0.6 is 0 Å². The van der Waals surface area contributed by atoms with Crippen LogP contribution in [0.5, 0.6) is 0 Å². The number of nitrogens with one attached hydrogen (secondary N) is 1. The van der Waals surface area contributed by atoms with Crippen LogP contribution in [0.4, 0.5) is 0 Å². The molecule has 0 unspecified atom stereocenters. The van der Waals surface area contributed by atoms with E-state index in [0.29, 0.717) is 6.54 Å². The van der Waals surface area contributed by atoms with Crippen molar-refractivity contribution in [2.75, 3.05) is 6.54 Å². The predicted octanol–water partition coefficient (Wildman–Crippen LogP) is -0.130. The molecule has 0 bridgehead atoms. The van der Waals surface area contributed by atoms with Gasteiger partial charge in [-0.05, 0) is 6.92 Å². The van der Waals surface area contributed by atoms with Crippen LogP contribution in [0.25, 0.3) is 0 Å². The molecule has 0 aliphatic heterocycles. The summed E-state index contributed by atoms with van der Waals surface area (Å²) in [5, 5.41) is 6.68. The lowest BCUT2D eigenvalue weighted by atomic mass is 10.6. The molecule has 0 heterocycles. The first kappa shape index (κ1) is 6.27. The van der Waals surface area contributed by atoms with Crippen LogP contribution in [0.2, 0.25) is 0 Å². The smallest absolute Gasteiger partial charge is 0.188 e. The molecule has 0 saturated carbocycles. The molecule has 0 spiro atoms. The number of guanidine groups is 1. The van der Waals surface area contributed by atoms with Crippen molar-refractivity contribution in [1.29, 1.82) is 5.41 Å². The van der Waals surface area contributed by atoms with Crippen molar-refractivity contribution in [3.8, 4) is 0 Å². The van der Waals surface area contributed by atoms with Gasteiger partial charge in [0.1, 0.15) is 0 Å². The molecule has 0 amide bonds. The number of hydrogen-bond donors (Lipinski definition) is 2. The molecule has 3 nitrogen and oxygen atoms in total. The topological polar surface area (TPSA) is 53.1 Å². The van der Waals surface area contributed by atoms with Crippen molar-refractivity contribution < 1.29 is 0 Å². The van der Waals surface area contributed by atoms with Gasteiger partial charge in [0.2, 0.25) is 0 Å². The van der Waals surface area contributed by atoms with Crippen LogP contribution in [-0.4, -0.2) is 17.4 Å². The zero-order valence-corrected chi connectivity index (χ0v) is 4.31. The van der Waals surface area contributed by atoms with E-state index in [2.05, 4.69) is 0 Å². The summed E-state index contributed by atoms with van der Waals surface area (Å²) in [6, 6.07) is 0. The van der Waals surface area contributed by atoms with E-state index in [0.717, 1.165) is 4.90 Å². The lowest BCUT2D eigenvalue weighted by Gasteiger charge is -2.10. The Bertz CT molecular complexity index is 69.3. The summed E-state index contributed by atoms with van der Waals surface area (Å²) in [5.74, 6) is -0.0949. The molecule has 2 radical (unpaired) electrons. The van der Waals surface area contributed by atoms with Gasteiger partial charge in [-0.15, -0.1) is 0 Å². The normalized spacial score (nSPS) is 8.29. The highest BCUT2D eigenvalue weighted by Gasteiger charge is 1.90. The molecule has 40 valence electrons. The van der Waals surface area contributed by atoms with E-state index in [-0.39, 0.29) is 5.96 Å². The predicted molar refractivity (Wildman–Crippen MR) is 28.6 cm³/mol. The number of nitrogens with zero attached hydrogens (tertiary/aromatic N) is 1. The Morgan fingerprint density at radius 1 is 2.00 bits per heavy atom. The van der Waals surface area contributed by atoms with Crippen molar-refractivity contribution in [1.82, 2.24) is 4.90 Å². The van der Waals surface area contributed by atoms with Crippen molar-refractivity contribution in [2.24, 2.45) is 5.73 Å². The molecule has 0 aliphatic rings. The van der Waals surface area contributed by atoms with E-state index in [1.54, 1.807) is 0 Å². The quantitative estimate of drug-likeness (QED) is 0.273. The largest absolute Gasteiger partial charge is 0.370 e. The van der Waals surface area contributed by atoms with Gasteiger partial charge in [-0.3, -0.25) is 5.41 Å². The van der Waals surface area contributed by atoms with Crippen LogP contribution < -0.4 is 5.73 Å². The van der Waals surface area contributed by atoms with E-state index in [1.165, 1.54) is 0 Å². The Balaban J connectivity index is 3.34. The molecule has 7 heavy (non-hydrogen) atoms. The Hall–Kier alpha value is -0.730. The van der Waals surface area contributed by atoms with Gasteiger partial charge in [-0.25, -0.2) is 0 Å². The second-order valence-electron chi connectivity index (χ2n) is 1.17. The van der Waals surface area contributed by atoms with Gasteiger partial charge >= 0.3 is 0 Å². The molecule has 0 aliphatic carbocycles. The van der Waals surface area contributed by atoms with Gasteiger partial charge < -0.3 is 10.6 Å². The summed E-state index contributed by atoms with van der Waals surface area (Å²) < 4.78 is 0. The third-order valence-electron chi connectivity index (χ3n) is 0.650. The monoisotopic (exact) mass is 99.1 g/mol. The summed E-state index contributed by atoms with van der Waals surface area (Å²) in [6.45, 7) is 2.40. The summed E-state index contributed by atoms with van der Waals surface area (Å²) in [6.07, 6.45) is 0. The SMILES string of the molecule is [CH]N(CC)C(=N)N. The minimum absolute atomic E-state index is 0.0949. The highest BCUT2D eigenvalue weighted by atomic mass is 15.2. The first-order valence-corrected chi connectivity index (χ1v) is 2.04. The fraction of sp³-hybridized carbons (Fsp3) is 0.500. The van der Waals surface area contributed by atoms with Crippen LogP contribution in [0, 0.1) is 12.5 Å². The summed E-state index contributed by atoms with van der Waals surface area (Å²) in [5.41, 5.74) is 4.93. The van der Waals surface area contributed by atoms with Crippen molar-refractivity contribution >= 4 is 5.96 Å². The standard InChI is InChI=1S/C4H9N3/c1-3-7(2)4(5)6/h2H,3H2,1H3,(H3,5,6). The van der Waals surface area contributed by atoms with Crippen LogP contribution in [-0.2, 0) is 0 Å². The maximum Gasteiger partial charge on any atom is 0.188 e. The maximum absolute atomic E-state index is 6.68. The molecule has 0 atom stereocenters. The molecule has 3 N–H and O–H groups in total. The molecule has 0 rings (SSSR count). The number of nitrogens with two attached hydrogens (primary N) is 1. The second kappa shape index (κ2) is 2.44. The lowest BCUT2D eigenvalue weighted by molar-refractivity contribution is 0.572. The van der Waals surface area contributed by atoms with Gasteiger partial charge in [-0.1, -0.05) is 0 Å². The van der Waals surface area contributed by atoms with Crippen LogP contribution in [0.3, 0.4) is 0 Å². The summed E-state index contributed by atoms with van der Waals surface area (Å²) >= 11 is 0. The van der Waals surface area contributed by atoms with Crippen LogP contribution in [0.15, 0.2) is 0 Å². The van der Waals surface area contributed by atoms with E-state index in [9.17, 15) is 0 Å².